The molecule has 0 aliphatic heterocycles. The number of hydrogen-bond donors (Lipinski definition) is 0. The van der Waals surface area contributed by atoms with Crippen LogP contribution in [0.2, 0.25) is 0 Å². The topological polar surface area (TPSA) is 13.1 Å². The average Bonchev–Trinajstić information content (AvgIpc) is 3.84. The summed E-state index contributed by atoms with van der Waals surface area (Å²) in [6.07, 6.45) is 0. The molecule has 1 heterocycles. The molecule has 0 N–H and O–H groups in total. The van der Waals surface area contributed by atoms with Crippen molar-refractivity contribution >= 4 is 65.0 Å². The Morgan fingerprint density at radius 2 is 0.830 bits per heavy atom. The number of hydrogen-bond acceptors (Lipinski definition) is 1. The molecule has 9 aromatic carbocycles. The van der Waals surface area contributed by atoms with E-state index < -0.39 is 268 Å². The number of fused-ring (bicyclic) bond motifs is 7. The lowest BCUT2D eigenvalue weighted by Gasteiger charge is -2.20. The maximum atomic E-state index is 9.84. The van der Waals surface area contributed by atoms with Gasteiger partial charge in [-0.2, -0.15) is 0 Å². The van der Waals surface area contributed by atoms with Crippen molar-refractivity contribution in [2.24, 2.45) is 0 Å². The van der Waals surface area contributed by atoms with Gasteiger partial charge in [-0.1, -0.05) is 145 Å². The highest BCUT2D eigenvalue weighted by Crippen LogP contribution is 2.47. The maximum absolute atomic E-state index is 9.84. The molecule has 47 heavy (non-hydrogen) atoms. The van der Waals surface area contributed by atoms with Gasteiger partial charge in [0.25, 0.3) is 0 Å². The second-order valence-corrected chi connectivity index (χ2v) is 10.3. The molecule has 0 spiro atoms. The van der Waals surface area contributed by atoms with Gasteiger partial charge in [0.05, 0.1) is 38.4 Å². The summed E-state index contributed by atoms with van der Waals surface area (Å²) < 4.78 is 259. The van der Waals surface area contributed by atoms with Crippen LogP contribution in [-0.2, 0) is 0 Å². The van der Waals surface area contributed by atoms with Crippen molar-refractivity contribution in [3.05, 3.63) is 169 Å². The van der Waals surface area contributed by atoms with Crippen molar-refractivity contribution in [3.63, 3.8) is 0 Å². The van der Waals surface area contributed by atoms with Gasteiger partial charge in [-0.05, 0) is 101 Å². The van der Waals surface area contributed by atoms with Crippen LogP contribution < -0.4 is 0 Å². The van der Waals surface area contributed by atoms with E-state index in [0.717, 1.165) is 0 Å². The Hall–Kier alpha value is -6.18. The molecule has 0 aliphatic carbocycles. The Kier molecular flexibility index (Phi) is 2.31. The highest BCUT2D eigenvalue weighted by molar-refractivity contribution is 6.24. The molecule has 0 saturated carbocycles. The first-order chi connectivity index (χ1) is 35.0. The van der Waals surface area contributed by atoms with Crippen molar-refractivity contribution in [2.75, 3.05) is 0 Å². The summed E-state index contributed by atoms with van der Waals surface area (Å²) in [5, 5.41) is -6.74. The van der Waals surface area contributed by atoms with E-state index in [1.165, 1.54) is 0 Å². The summed E-state index contributed by atoms with van der Waals surface area (Å²) in [5.74, 6) is 0. The minimum Gasteiger partial charge on any atom is -0.456 e. The van der Waals surface area contributed by atoms with Gasteiger partial charge in [0.2, 0.25) is 0 Å². The third kappa shape index (κ3) is 3.97. The van der Waals surface area contributed by atoms with Gasteiger partial charge >= 0.3 is 0 Å². The van der Waals surface area contributed by atoms with Crippen molar-refractivity contribution in [2.45, 2.75) is 0 Å². The second-order valence-electron chi connectivity index (χ2n) is 10.3. The van der Waals surface area contributed by atoms with Gasteiger partial charge in [-0.25, -0.2) is 0 Å². The van der Waals surface area contributed by atoms with E-state index in [0.29, 0.717) is 0 Å². The van der Waals surface area contributed by atoms with Crippen molar-refractivity contribution in [1.29, 1.82) is 0 Å². The fourth-order valence-electron chi connectivity index (χ4n) is 5.77. The van der Waals surface area contributed by atoms with E-state index in [1.807, 2.05) is 0 Å². The third-order valence-corrected chi connectivity index (χ3v) is 7.76. The zero-order valence-electron chi connectivity index (χ0n) is 51.4. The van der Waals surface area contributed by atoms with Gasteiger partial charge in [-0.3, -0.25) is 0 Å². The van der Waals surface area contributed by atoms with E-state index in [4.69, 9.17) is 27.7 Å². The van der Waals surface area contributed by atoms with E-state index in [9.17, 15) is 15.1 Å². The van der Waals surface area contributed by atoms with Crippen LogP contribution in [-0.4, -0.2) is 0 Å². The van der Waals surface area contributed by atoms with Gasteiger partial charge < -0.3 is 4.42 Å². The predicted octanol–water partition coefficient (Wildman–Crippen LogP) is 13.2. The monoisotopic (exact) mass is 624 g/mol. The summed E-state index contributed by atoms with van der Waals surface area (Å²) >= 11 is 0. The fraction of sp³-hybridized carbons (Fsp3) is 0. The molecule has 0 unspecified atom stereocenters. The molecule has 0 atom stereocenters. The largest absolute Gasteiger partial charge is 0.456 e. The van der Waals surface area contributed by atoms with Crippen LogP contribution in [0.5, 0.6) is 0 Å². The zero-order chi connectivity index (χ0) is 55.3. The minimum absolute atomic E-state index is 0.441. The lowest BCUT2D eigenvalue weighted by Crippen LogP contribution is -1.92. The zero-order valence-corrected chi connectivity index (χ0v) is 23.4. The van der Waals surface area contributed by atoms with Gasteiger partial charge in [-0.15, -0.1) is 0 Å². The van der Waals surface area contributed by atoms with Crippen LogP contribution in [0.25, 0.3) is 98.4 Å². The van der Waals surface area contributed by atoms with Crippen LogP contribution in [0.3, 0.4) is 0 Å². The molecular formula is C46H28O. The van der Waals surface area contributed by atoms with Crippen molar-refractivity contribution in [1.82, 2.24) is 0 Å². The molecule has 0 saturated heterocycles. The summed E-state index contributed by atoms with van der Waals surface area (Å²) in [4.78, 5) is 0. The number of benzene rings is 9. The summed E-state index contributed by atoms with van der Waals surface area (Å²) in [6, 6.07) is -26.2. The minimum atomic E-state index is -1.12. The SMILES string of the molecule is [2H]c1c([2H])c([2H])c2c(oc3c([2H])c([2H])c(-c4c5c([2H])c([2H])c([2H])c([2H])c5c(-c5c([2H])c([2H])c(-c6c([2H])c([2H])c7c([2H])c([2H])c([2H])c([2H])c7c6[2H])c6c([2H])c([2H])c([2H])c([2H])c56)c5c([2H])c([2H])c([2H])c([2H])c45)c([2H])c32)c1[2H]. The number of para-hydroxylation sites is 1. The van der Waals surface area contributed by atoms with E-state index in [1.54, 1.807) is 0 Å². The molecule has 10 aromatic rings. The Bertz CT molecular complexity index is 4360. The molecule has 0 bridgehead atoms. The molecule has 1 aromatic heterocycles. The summed E-state index contributed by atoms with van der Waals surface area (Å²) in [7, 11) is 0. The highest BCUT2D eigenvalue weighted by atomic mass is 16.3. The van der Waals surface area contributed by atoms with Gasteiger partial charge in [0.1, 0.15) is 11.2 Å². The molecule has 0 radical (unpaired) electrons. The normalized spacial score (nSPS) is 20.2. The predicted molar refractivity (Wildman–Crippen MR) is 200 cm³/mol. The lowest BCUT2D eigenvalue weighted by molar-refractivity contribution is 0.669. The van der Waals surface area contributed by atoms with Crippen LogP contribution in [0, 0.1) is 0 Å². The third-order valence-electron chi connectivity index (χ3n) is 7.76. The first kappa shape index (κ1) is 10.7. The Morgan fingerprint density at radius 1 is 0.319 bits per heavy atom. The first-order valence-corrected chi connectivity index (χ1v) is 13.9. The van der Waals surface area contributed by atoms with Gasteiger partial charge in [0.15, 0.2) is 0 Å². The standard InChI is InChI=1S/C46H28O/c1-2-12-30-27-31(22-21-29(30)11-1)33-24-25-41(35-14-4-3-13-34(33)35)46-39-18-7-5-16-37(39)45(38-17-6-8-19-40(38)46)32-23-26-44-42(28-32)36-15-9-10-20-43(36)47-44/h1-28H/i1D,2D,3D,4D,5D,6D,7D,8D,9D,10D,11D,12D,13D,14D,15D,16D,17D,18D,19D,20D,21D,22D,23D,24D,25D,26D,27D,28D. The molecular weight excluding hydrogens is 569 g/mol. The molecule has 10 rings (SSSR count). The first-order valence-electron chi connectivity index (χ1n) is 27.9. The smallest absolute Gasteiger partial charge is 0.135 e. The highest BCUT2D eigenvalue weighted by Gasteiger charge is 2.19. The van der Waals surface area contributed by atoms with E-state index >= 15 is 0 Å². The summed E-state index contributed by atoms with van der Waals surface area (Å²) in [5.41, 5.74) is -5.79. The van der Waals surface area contributed by atoms with Crippen LogP contribution in [0.4, 0.5) is 0 Å². The molecule has 0 amide bonds. The summed E-state index contributed by atoms with van der Waals surface area (Å²) in [6.45, 7) is 0. The fourth-order valence-corrected chi connectivity index (χ4v) is 5.77. The average molecular weight is 625 g/mol. The Morgan fingerprint density at radius 3 is 1.55 bits per heavy atom. The van der Waals surface area contributed by atoms with Crippen LogP contribution >= 0.6 is 0 Å². The molecule has 0 aliphatic rings. The maximum Gasteiger partial charge on any atom is 0.135 e. The quantitative estimate of drug-likeness (QED) is 0.178. The molecule has 218 valence electrons. The Labute approximate surface area is 311 Å². The van der Waals surface area contributed by atoms with Crippen molar-refractivity contribution < 1.29 is 42.8 Å². The van der Waals surface area contributed by atoms with E-state index in [-0.39, 0.29) is 0 Å². The number of rotatable bonds is 3. The second kappa shape index (κ2) is 10.2. The van der Waals surface area contributed by atoms with Crippen molar-refractivity contribution in [3.8, 4) is 33.4 Å². The number of furan rings is 1. The van der Waals surface area contributed by atoms with Gasteiger partial charge in [0, 0.05) is 10.8 Å². The molecule has 0 fully saturated rings. The molecule has 1 heteroatoms. The lowest BCUT2D eigenvalue weighted by atomic mass is 9.83. The molecule has 1 nitrogen and oxygen atoms in total. The Balaban J connectivity index is 1.53. The van der Waals surface area contributed by atoms with Crippen LogP contribution in [0.15, 0.2) is 174 Å². The van der Waals surface area contributed by atoms with Crippen LogP contribution in [0.1, 0.15) is 38.4 Å². The van der Waals surface area contributed by atoms with E-state index in [2.05, 4.69) is 0 Å².